The molecule has 1 aliphatic carbocycles. The van der Waals surface area contributed by atoms with Crippen LogP contribution in [0, 0.1) is 11.8 Å². The van der Waals surface area contributed by atoms with Crippen molar-refractivity contribution in [2.24, 2.45) is 11.8 Å². The second-order valence-corrected chi connectivity index (χ2v) is 7.96. The molecule has 3 aliphatic rings. The average Bonchev–Trinajstić information content (AvgIpc) is 3.26. The van der Waals surface area contributed by atoms with E-state index in [4.69, 9.17) is 0 Å². The highest BCUT2D eigenvalue weighted by Crippen LogP contribution is 2.48. The molecule has 1 unspecified atom stereocenters. The van der Waals surface area contributed by atoms with Crippen molar-refractivity contribution < 1.29 is 5.11 Å². The summed E-state index contributed by atoms with van der Waals surface area (Å²) in [5.41, 5.74) is 1.93. The topological polar surface area (TPSA) is 35.5 Å². The Bertz CT molecular complexity index is 543. The van der Waals surface area contributed by atoms with Crippen molar-refractivity contribution in [2.75, 3.05) is 26.2 Å². The molecule has 0 amide bonds. The summed E-state index contributed by atoms with van der Waals surface area (Å²) < 4.78 is 0. The van der Waals surface area contributed by atoms with Gasteiger partial charge in [0.25, 0.3) is 0 Å². The Kier molecular flexibility index (Phi) is 4.21. The van der Waals surface area contributed by atoms with Crippen LogP contribution in [0.1, 0.15) is 43.7 Å². The molecule has 126 valence electrons. The fraction of sp³-hybridized carbons (Fsp3) is 0.700. The van der Waals surface area contributed by atoms with Crippen molar-refractivity contribution in [2.45, 2.75) is 50.7 Å². The minimum absolute atomic E-state index is 0.402. The van der Waals surface area contributed by atoms with Crippen LogP contribution < -0.4 is 5.32 Å². The molecule has 23 heavy (non-hydrogen) atoms. The summed E-state index contributed by atoms with van der Waals surface area (Å²) in [5, 5.41) is 14.7. The van der Waals surface area contributed by atoms with Crippen LogP contribution in [0.2, 0.25) is 0 Å². The summed E-state index contributed by atoms with van der Waals surface area (Å²) in [6.07, 6.45) is 5.90. The highest BCUT2D eigenvalue weighted by Gasteiger charge is 2.50. The SMILES string of the molecule is C[C@@H]1CCCN1CCc1ccc(C2(O)CC[C@@H]3CNC[C@@H]32)cc1. The van der Waals surface area contributed by atoms with Crippen LogP contribution >= 0.6 is 0 Å². The number of fused-ring (bicyclic) bond motifs is 1. The molecule has 0 radical (unpaired) electrons. The first kappa shape index (κ1) is 15.6. The number of rotatable bonds is 4. The zero-order valence-corrected chi connectivity index (χ0v) is 14.3. The van der Waals surface area contributed by atoms with E-state index in [2.05, 4.69) is 41.4 Å². The van der Waals surface area contributed by atoms with Crippen molar-refractivity contribution in [3.8, 4) is 0 Å². The minimum Gasteiger partial charge on any atom is -0.385 e. The Morgan fingerprint density at radius 1 is 1.22 bits per heavy atom. The largest absolute Gasteiger partial charge is 0.385 e. The zero-order chi connectivity index (χ0) is 15.9. The molecule has 2 aliphatic heterocycles. The van der Waals surface area contributed by atoms with Crippen LogP contribution in [0.4, 0.5) is 0 Å². The molecular weight excluding hydrogens is 284 g/mol. The van der Waals surface area contributed by atoms with E-state index in [9.17, 15) is 5.11 Å². The van der Waals surface area contributed by atoms with Gasteiger partial charge in [0.2, 0.25) is 0 Å². The second-order valence-electron chi connectivity index (χ2n) is 7.96. The lowest BCUT2D eigenvalue weighted by molar-refractivity contribution is -0.00191. The third-order valence-corrected chi connectivity index (χ3v) is 6.68. The molecule has 4 atom stereocenters. The molecule has 1 aromatic carbocycles. The first-order valence-electron chi connectivity index (χ1n) is 9.43. The van der Waals surface area contributed by atoms with Crippen molar-refractivity contribution in [3.63, 3.8) is 0 Å². The molecule has 3 nitrogen and oxygen atoms in total. The molecule has 2 N–H and O–H groups in total. The number of benzene rings is 1. The molecule has 4 rings (SSSR count). The molecular formula is C20H30N2O. The molecule has 0 spiro atoms. The lowest BCUT2D eigenvalue weighted by atomic mass is 9.82. The lowest BCUT2D eigenvalue weighted by Crippen LogP contribution is -2.33. The van der Waals surface area contributed by atoms with E-state index in [1.54, 1.807) is 0 Å². The van der Waals surface area contributed by atoms with Gasteiger partial charge in [-0.05, 0) is 69.2 Å². The fourth-order valence-electron chi connectivity index (χ4n) is 5.10. The Hall–Kier alpha value is -0.900. The first-order chi connectivity index (χ1) is 11.2. The van der Waals surface area contributed by atoms with Gasteiger partial charge in [0.05, 0.1) is 5.60 Å². The monoisotopic (exact) mass is 314 g/mol. The molecule has 1 aromatic rings. The van der Waals surface area contributed by atoms with Gasteiger partial charge >= 0.3 is 0 Å². The number of likely N-dealkylation sites (tertiary alicyclic amines) is 1. The highest BCUT2D eigenvalue weighted by atomic mass is 16.3. The third-order valence-electron chi connectivity index (χ3n) is 6.68. The van der Waals surface area contributed by atoms with Gasteiger partial charge in [-0.3, -0.25) is 0 Å². The predicted octanol–water partition coefficient (Wildman–Crippen LogP) is 2.53. The average molecular weight is 314 g/mol. The lowest BCUT2D eigenvalue weighted by Gasteiger charge is -2.30. The summed E-state index contributed by atoms with van der Waals surface area (Å²) >= 11 is 0. The van der Waals surface area contributed by atoms with E-state index in [0.29, 0.717) is 11.8 Å². The second kappa shape index (κ2) is 6.19. The Morgan fingerprint density at radius 3 is 2.78 bits per heavy atom. The number of nitrogens with one attached hydrogen (secondary N) is 1. The van der Waals surface area contributed by atoms with Crippen LogP contribution in [-0.2, 0) is 12.0 Å². The normalized spacial score (nSPS) is 37.4. The summed E-state index contributed by atoms with van der Waals surface area (Å²) in [7, 11) is 0. The van der Waals surface area contributed by atoms with Gasteiger partial charge in [-0.15, -0.1) is 0 Å². The van der Waals surface area contributed by atoms with Crippen molar-refractivity contribution in [1.82, 2.24) is 10.2 Å². The number of aliphatic hydroxyl groups is 1. The first-order valence-corrected chi connectivity index (χ1v) is 9.43. The van der Waals surface area contributed by atoms with Gasteiger partial charge < -0.3 is 15.3 Å². The van der Waals surface area contributed by atoms with Crippen molar-refractivity contribution >= 4 is 0 Å². The third kappa shape index (κ3) is 2.84. The molecule has 1 saturated carbocycles. The van der Waals surface area contributed by atoms with Crippen LogP contribution in [0.15, 0.2) is 24.3 Å². The maximum atomic E-state index is 11.2. The van der Waals surface area contributed by atoms with Gasteiger partial charge in [0.1, 0.15) is 0 Å². The van der Waals surface area contributed by atoms with Gasteiger partial charge in [-0.25, -0.2) is 0 Å². The molecule has 0 aromatic heterocycles. The summed E-state index contributed by atoms with van der Waals surface area (Å²) in [4.78, 5) is 2.60. The maximum absolute atomic E-state index is 11.2. The summed E-state index contributed by atoms with van der Waals surface area (Å²) in [5.74, 6) is 1.06. The van der Waals surface area contributed by atoms with E-state index in [-0.39, 0.29) is 0 Å². The number of hydrogen-bond acceptors (Lipinski definition) is 3. The highest BCUT2D eigenvalue weighted by molar-refractivity contribution is 5.30. The minimum atomic E-state index is -0.601. The Labute approximate surface area is 140 Å². The standard InChI is InChI=1S/C20H30N2O/c1-15-3-2-11-22(15)12-9-16-4-6-18(7-5-16)20(23)10-8-17-13-21-14-19(17)20/h4-7,15,17,19,21,23H,2-3,8-14H2,1H3/t15-,17-,19+,20?/m1/s1. The van der Waals surface area contributed by atoms with Crippen molar-refractivity contribution in [1.29, 1.82) is 0 Å². The predicted molar refractivity (Wildman–Crippen MR) is 93.4 cm³/mol. The van der Waals surface area contributed by atoms with Crippen LogP contribution in [-0.4, -0.2) is 42.2 Å². The van der Waals surface area contributed by atoms with E-state index in [1.807, 2.05) is 0 Å². The van der Waals surface area contributed by atoms with E-state index in [0.717, 1.165) is 44.0 Å². The molecule has 2 heterocycles. The van der Waals surface area contributed by atoms with E-state index >= 15 is 0 Å². The number of hydrogen-bond donors (Lipinski definition) is 2. The van der Waals surface area contributed by atoms with Gasteiger partial charge in [0, 0.05) is 25.0 Å². The summed E-state index contributed by atoms with van der Waals surface area (Å²) in [6.45, 7) is 6.82. The summed E-state index contributed by atoms with van der Waals surface area (Å²) in [6, 6.07) is 9.60. The smallest absolute Gasteiger partial charge is 0.0939 e. The Morgan fingerprint density at radius 2 is 2.04 bits per heavy atom. The van der Waals surface area contributed by atoms with Gasteiger partial charge in [-0.2, -0.15) is 0 Å². The zero-order valence-electron chi connectivity index (χ0n) is 14.3. The quantitative estimate of drug-likeness (QED) is 0.896. The van der Waals surface area contributed by atoms with Crippen LogP contribution in [0.3, 0.4) is 0 Å². The maximum Gasteiger partial charge on any atom is 0.0939 e. The van der Waals surface area contributed by atoms with E-state index in [1.165, 1.54) is 31.5 Å². The fourth-order valence-corrected chi connectivity index (χ4v) is 5.10. The molecule has 0 bridgehead atoms. The molecule has 3 fully saturated rings. The van der Waals surface area contributed by atoms with Crippen LogP contribution in [0.5, 0.6) is 0 Å². The van der Waals surface area contributed by atoms with E-state index < -0.39 is 5.60 Å². The molecule has 3 heteroatoms. The number of nitrogens with zero attached hydrogens (tertiary/aromatic N) is 1. The van der Waals surface area contributed by atoms with Crippen molar-refractivity contribution in [3.05, 3.63) is 35.4 Å². The van der Waals surface area contributed by atoms with Gasteiger partial charge in [0.15, 0.2) is 0 Å². The Balaban J connectivity index is 1.41. The molecule has 2 saturated heterocycles. The van der Waals surface area contributed by atoms with Crippen LogP contribution in [0.25, 0.3) is 0 Å². The van der Waals surface area contributed by atoms with Gasteiger partial charge in [-0.1, -0.05) is 24.3 Å².